The Bertz CT molecular complexity index is 1110. The molecule has 0 heterocycles. The Balaban J connectivity index is 1.69. The van der Waals surface area contributed by atoms with Crippen molar-refractivity contribution in [3.8, 4) is 5.75 Å². The second-order valence-electron chi connectivity index (χ2n) is 5.98. The Morgan fingerprint density at radius 1 is 0.966 bits per heavy atom. The summed E-state index contributed by atoms with van der Waals surface area (Å²) in [5.41, 5.74) is 3.67. The number of nitrogens with one attached hydrogen (secondary N) is 1. The fourth-order valence-electron chi connectivity index (χ4n) is 2.43. The zero-order valence-electron chi connectivity index (χ0n) is 15.2. The van der Waals surface area contributed by atoms with Gasteiger partial charge in [-0.25, -0.2) is 5.43 Å². The predicted octanol–water partition coefficient (Wildman–Crippen LogP) is 3.80. The summed E-state index contributed by atoms with van der Waals surface area (Å²) in [6.07, 6.45) is 1.51. The lowest BCUT2D eigenvalue weighted by molar-refractivity contribution is -0.120. The van der Waals surface area contributed by atoms with Gasteiger partial charge in [-0.2, -0.15) is 13.5 Å². The van der Waals surface area contributed by atoms with Gasteiger partial charge < -0.3 is 4.18 Å². The second-order valence-corrected chi connectivity index (χ2v) is 7.97. The maximum absolute atomic E-state index is 12.5. The number of carbonyl (C=O) groups excluding carboxylic acids is 1. The average molecular weight is 429 g/mol. The van der Waals surface area contributed by atoms with Crippen LogP contribution in [0.1, 0.15) is 11.1 Å². The fraction of sp³-hybridized carbons (Fsp3) is 0.0476. The van der Waals surface area contributed by atoms with E-state index in [0.717, 1.165) is 5.56 Å². The van der Waals surface area contributed by atoms with Gasteiger partial charge in [-0.3, -0.25) is 4.79 Å². The van der Waals surface area contributed by atoms with Crippen molar-refractivity contribution in [1.29, 1.82) is 0 Å². The number of amides is 1. The summed E-state index contributed by atoms with van der Waals surface area (Å²) in [7, 11) is -4.04. The van der Waals surface area contributed by atoms with Crippen molar-refractivity contribution < 1.29 is 17.4 Å². The minimum Gasteiger partial charge on any atom is -0.378 e. The molecule has 0 saturated heterocycles. The van der Waals surface area contributed by atoms with E-state index in [9.17, 15) is 13.2 Å². The van der Waals surface area contributed by atoms with E-state index in [1.807, 2.05) is 30.3 Å². The van der Waals surface area contributed by atoms with Crippen LogP contribution < -0.4 is 9.61 Å². The molecular weight excluding hydrogens is 412 g/mol. The van der Waals surface area contributed by atoms with Gasteiger partial charge in [0.1, 0.15) is 4.90 Å². The van der Waals surface area contributed by atoms with Crippen molar-refractivity contribution in [2.24, 2.45) is 5.10 Å². The maximum atomic E-state index is 12.5. The van der Waals surface area contributed by atoms with E-state index in [0.29, 0.717) is 10.6 Å². The Kier molecular flexibility index (Phi) is 6.64. The van der Waals surface area contributed by atoms with Crippen LogP contribution in [0, 0.1) is 0 Å². The summed E-state index contributed by atoms with van der Waals surface area (Å²) in [6, 6.07) is 21.4. The van der Waals surface area contributed by atoms with Gasteiger partial charge in [0.25, 0.3) is 0 Å². The molecule has 0 fully saturated rings. The van der Waals surface area contributed by atoms with Gasteiger partial charge in [0.05, 0.1) is 12.6 Å². The first-order chi connectivity index (χ1) is 13.9. The molecule has 0 aromatic heterocycles. The molecule has 3 rings (SSSR count). The van der Waals surface area contributed by atoms with Gasteiger partial charge in [0.15, 0.2) is 5.75 Å². The summed E-state index contributed by atoms with van der Waals surface area (Å²) >= 11 is 5.79. The Morgan fingerprint density at radius 2 is 1.62 bits per heavy atom. The first-order valence-corrected chi connectivity index (χ1v) is 10.4. The molecule has 3 aromatic carbocycles. The lowest BCUT2D eigenvalue weighted by atomic mass is 10.1. The molecule has 29 heavy (non-hydrogen) atoms. The number of halogens is 1. The topological polar surface area (TPSA) is 84.8 Å². The highest BCUT2D eigenvalue weighted by Crippen LogP contribution is 2.22. The standard InChI is InChI=1S/C21H17ClN2O4S/c22-18-10-12-19(13-11-18)29(26,27)28-20-9-5-4-8-17(20)15-23-24-21(25)14-16-6-2-1-3-7-16/h1-13,15H,14H2,(H,24,25)/b23-15+. The van der Waals surface area contributed by atoms with E-state index in [1.54, 1.807) is 18.2 Å². The van der Waals surface area contributed by atoms with Crippen LogP contribution in [0.2, 0.25) is 5.02 Å². The molecule has 6 nitrogen and oxygen atoms in total. The first-order valence-electron chi connectivity index (χ1n) is 8.59. The highest BCUT2D eigenvalue weighted by atomic mass is 35.5. The predicted molar refractivity (Wildman–Crippen MR) is 112 cm³/mol. The van der Waals surface area contributed by atoms with Gasteiger partial charge in [-0.05, 0) is 42.0 Å². The van der Waals surface area contributed by atoms with E-state index < -0.39 is 10.1 Å². The molecule has 0 radical (unpaired) electrons. The molecule has 0 unspecified atom stereocenters. The van der Waals surface area contributed by atoms with Crippen LogP contribution in [-0.4, -0.2) is 20.5 Å². The molecule has 1 amide bonds. The van der Waals surface area contributed by atoms with Crippen molar-refractivity contribution in [2.75, 3.05) is 0 Å². The summed E-state index contributed by atoms with van der Waals surface area (Å²) in [6.45, 7) is 0. The fourth-order valence-corrected chi connectivity index (χ4v) is 3.51. The first kappa shape index (κ1) is 20.6. The summed E-state index contributed by atoms with van der Waals surface area (Å²) in [4.78, 5) is 11.9. The van der Waals surface area contributed by atoms with Gasteiger partial charge in [0, 0.05) is 10.6 Å². The summed E-state index contributed by atoms with van der Waals surface area (Å²) < 4.78 is 30.2. The molecule has 0 atom stereocenters. The molecule has 0 aliphatic heterocycles. The smallest absolute Gasteiger partial charge is 0.339 e. The number of rotatable bonds is 7. The van der Waals surface area contributed by atoms with Crippen LogP contribution >= 0.6 is 11.6 Å². The molecule has 3 aromatic rings. The number of hydrogen-bond donors (Lipinski definition) is 1. The number of hydrazone groups is 1. The number of hydrogen-bond acceptors (Lipinski definition) is 5. The lowest BCUT2D eigenvalue weighted by Crippen LogP contribution is -2.19. The SMILES string of the molecule is O=C(Cc1ccccc1)N/N=C/c1ccccc1OS(=O)(=O)c1ccc(Cl)cc1. The number of para-hydroxylation sites is 1. The number of benzene rings is 3. The Morgan fingerprint density at radius 3 is 2.34 bits per heavy atom. The van der Waals surface area contributed by atoms with Gasteiger partial charge in [-0.15, -0.1) is 0 Å². The Labute approximate surface area is 173 Å². The minimum atomic E-state index is -4.04. The van der Waals surface area contributed by atoms with Crippen molar-refractivity contribution in [1.82, 2.24) is 5.43 Å². The van der Waals surface area contributed by atoms with Crippen LogP contribution in [-0.2, 0) is 21.3 Å². The van der Waals surface area contributed by atoms with E-state index in [4.69, 9.17) is 15.8 Å². The number of nitrogens with zero attached hydrogens (tertiary/aromatic N) is 1. The van der Waals surface area contributed by atoms with Crippen LogP contribution in [0.3, 0.4) is 0 Å². The molecule has 0 bridgehead atoms. The van der Waals surface area contributed by atoms with Crippen molar-refractivity contribution >= 4 is 33.8 Å². The average Bonchev–Trinajstić information content (AvgIpc) is 2.70. The molecule has 0 spiro atoms. The minimum absolute atomic E-state index is 0.0233. The van der Waals surface area contributed by atoms with Crippen LogP contribution in [0.15, 0.2) is 88.9 Å². The van der Waals surface area contributed by atoms with E-state index in [1.165, 1.54) is 36.5 Å². The second kappa shape index (κ2) is 9.36. The monoisotopic (exact) mass is 428 g/mol. The van der Waals surface area contributed by atoms with Gasteiger partial charge in [-0.1, -0.05) is 54.1 Å². The van der Waals surface area contributed by atoms with E-state index >= 15 is 0 Å². The van der Waals surface area contributed by atoms with Crippen LogP contribution in [0.25, 0.3) is 0 Å². The van der Waals surface area contributed by atoms with Gasteiger partial charge >= 0.3 is 10.1 Å². The molecular formula is C21H17ClN2O4S. The molecule has 148 valence electrons. The summed E-state index contributed by atoms with van der Waals surface area (Å²) in [5.74, 6) is -0.205. The zero-order valence-corrected chi connectivity index (χ0v) is 16.7. The van der Waals surface area contributed by atoms with E-state index in [2.05, 4.69) is 10.5 Å². The summed E-state index contributed by atoms with van der Waals surface area (Å²) in [5, 5.41) is 4.32. The molecule has 0 aliphatic carbocycles. The van der Waals surface area contributed by atoms with Gasteiger partial charge in [0.2, 0.25) is 5.91 Å². The van der Waals surface area contributed by atoms with Crippen LogP contribution in [0.4, 0.5) is 0 Å². The maximum Gasteiger partial charge on any atom is 0.339 e. The largest absolute Gasteiger partial charge is 0.378 e. The zero-order chi connectivity index (χ0) is 20.7. The Hall–Kier alpha value is -3.16. The quantitative estimate of drug-likeness (QED) is 0.352. The van der Waals surface area contributed by atoms with E-state index in [-0.39, 0.29) is 23.0 Å². The molecule has 0 saturated carbocycles. The third kappa shape index (κ3) is 5.91. The van der Waals surface area contributed by atoms with Crippen molar-refractivity contribution in [3.05, 3.63) is 95.0 Å². The molecule has 1 N–H and O–H groups in total. The normalized spacial score (nSPS) is 11.3. The highest BCUT2D eigenvalue weighted by molar-refractivity contribution is 7.87. The van der Waals surface area contributed by atoms with Crippen LogP contribution in [0.5, 0.6) is 5.75 Å². The number of carbonyl (C=O) groups is 1. The molecule has 8 heteroatoms. The van der Waals surface area contributed by atoms with Crippen molar-refractivity contribution in [2.45, 2.75) is 11.3 Å². The van der Waals surface area contributed by atoms with Crippen molar-refractivity contribution in [3.63, 3.8) is 0 Å². The molecule has 0 aliphatic rings. The third-order valence-electron chi connectivity index (χ3n) is 3.82. The third-order valence-corrected chi connectivity index (χ3v) is 5.32. The highest BCUT2D eigenvalue weighted by Gasteiger charge is 2.18. The lowest BCUT2D eigenvalue weighted by Gasteiger charge is -2.09.